The summed E-state index contributed by atoms with van der Waals surface area (Å²) in [5.74, 6) is 1.21. The number of hydrogen-bond donors (Lipinski definition) is 0. The molecule has 0 aliphatic heterocycles. The Hall–Kier alpha value is -2.60. The van der Waals surface area contributed by atoms with Crippen LogP contribution >= 0.6 is 0 Å². The summed E-state index contributed by atoms with van der Waals surface area (Å²) >= 11 is 0. The first-order chi connectivity index (χ1) is 12.0. The van der Waals surface area contributed by atoms with Crippen LogP contribution < -0.4 is 9.47 Å². The SMILES string of the molecule is COCOc1c(CO/N=C(\C)c2cc(C)cc(C)n2)cccc1OC. The van der Waals surface area contributed by atoms with Crippen molar-refractivity contribution in [3.05, 3.63) is 52.8 Å². The van der Waals surface area contributed by atoms with E-state index in [9.17, 15) is 0 Å². The van der Waals surface area contributed by atoms with Crippen LogP contribution in [0, 0.1) is 13.8 Å². The van der Waals surface area contributed by atoms with Crippen LogP contribution in [0.1, 0.15) is 29.4 Å². The quantitative estimate of drug-likeness (QED) is 0.416. The Balaban J connectivity index is 2.12. The van der Waals surface area contributed by atoms with Gasteiger partial charge in [-0.2, -0.15) is 0 Å². The van der Waals surface area contributed by atoms with Crippen LogP contribution in [0.3, 0.4) is 0 Å². The normalized spacial score (nSPS) is 11.3. The van der Waals surface area contributed by atoms with E-state index in [-0.39, 0.29) is 13.4 Å². The highest BCUT2D eigenvalue weighted by atomic mass is 16.7. The molecule has 25 heavy (non-hydrogen) atoms. The Morgan fingerprint density at radius 2 is 1.96 bits per heavy atom. The molecule has 1 aromatic heterocycles. The highest BCUT2D eigenvalue weighted by Gasteiger charge is 2.11. The van der Waals surface area contributed by atoms with Crippen molar-refractivity contribution in [2.24, 2.45) is 5.16 Å². The number of pyridine rings is 1. The molecule has 2 rings (SSSR count). The van der Waals surface area contributed by atoms with Crippen LogP contribution in [-0.4, -0.2) is 31.7 Å². The number of methoxy groups -OCH3 is 2. The van der Waals surface area contributed by atoms with Gasteiger partial charge >= 0.3 is 0 Å². The van der Waals surface area contributed by atoms with Crippen molar-refractivity contribution < 1.29 is 19.0 Å². The van der Waals surface area contributed by atoms with Crippen LogP contribution in [0.4, 0.5) is 0 Å². The van der Waals surface area contributed by atoms with E-state index in [4.69, 9.17) is 19.0 Å². The molecule has 134 valence electrons. The molecule has 0 saturated heterocycles. The molecule has 0 amide bonds. The predicted octanol–water partition coefficient (Wildman–Crippen LogP) is 3.63. The Morgan fingerprint density at radius 1 is 1.16 bits per heavy atom. The molecular weight excluding hydrogens is 320 g/mol. The van der Waals surface area contributed by atoms with Gasteiger partial charge < -0.3 is 19.0 Å². The molecule has 0 bridgehead atoms. The summed E-state index contributed by atoms with van der Waals surface area (Å²) in [6.07, 6.45) is 0. The van der Waals surface area contributed by atoms with Crippen molar-refractivity contribution in [3.63, 3.8) is 0 Å². The first kappa shape index (κ1) is 18.7. The second-order valence-electron chi connectivity index (χ2n) is 5.62. The Bertz CT molecular complexity index is 724. The predicted molar refractivity (Wildman–Crippen MR) is 96.2 cm³/mol. The lowest BCUT2D eigenvalue weighted by Crippen LogP contribution is -2.05. The standard InChI is InChI=1S/C19H24N2O4/c1-13-9-14(2)20-17(10-13)15(3)21-25-11-16-7-6-8-18(23-5)19(16)24-12-22-4/h6-10H,11-12H2,1-5H3/b21-15+. The minimum Gasteiger partial charge on any atom is -0.493 e. The van der Waals surface area contributed by atoms with E-state index >= 15 is 0 Å². The fourth-order valence-corrected chi connectivity index (χ4v) is 2.39. The number of benzene rings is 1. The van der Waals surface area contributed by atoms with Gasteiger partial charge in [-0.05, 0) is 44.5 Å². The zero-order valence-electron chi connectivity index (χ0n) is 15.3. The van der Waals surface area contributed by atoms with Crippen molar-refractivity contribution in [1.82, 2.24) is 4.98 Å². The van der Waals surface area contributed by atoms with Crippen molar-refractivity contribution in [2.45, 2.75) is 27.4 Å². The largest absolute Gasteiger partial charge is 0.493 e. The Labute approximate surface area is 148 Å². The zero-order valence-corrected chi connectivity index (χ0v) is 15.3. The van der Waals surface area contributed by atoms with Gasteiger partial charge in [0, 0.05) is 18.4 Å². The van der Waals surface area contributed by atoms with Crippen molar-refractivity contribution >= 4 is 5.71 Å². The lowest BCUT2D eigenvalue weighted by atomic mass is 10.2. The highest BCUT2D eigenvalue weighted by Crippen LogP contribution is 2.31. The van der Waals surface area contributed by atoms with Crippen LogP contribution in [0.25, 0.3) is 0 Å². The first-order valence-electron chi connectivity index (χ1n) is 7.95. The third kappa shape index (κ3) is 5.19. The summed E-state index contributed by atoms with van der Waals surface area (Å²) in [4.78, 5) is 9.98. The van der Waals surface area contributed by atoms with E-state index < -0.39 is 0 Å². The van der Waals surface area contributed by atoms with Gasteiger partial charge in [0.05, 0.1) is 12.8 Å². The minimum absolute atomic E-state index is 0.127. The lowest BCUT2D eigenvalue weighted by molar-refractivity contribution is 0.0457. The van der Waals surface area contributed by atoms with Gasteiger partial charge in [0.25, 0.3) is 0 Å². The first-order valence-corrected chi connectivity index (χ1v) is 7.95. The molecule has 0 saturated carbocycles. The van der Waals surface area contributed by atoms with Crippen LogP contribution in [0.15, 0.2) is 35.5 Å². The van der Waals surface area contributed by atoms with E-state index in [1.54, 1.807) is 14.2 Å². The molecule has 1 heterocycles. The number of oxime groups is 1. The van der Waals surface area contributed by atoms with Gasteiger partial charge in [0.1, 0.15) is 12.3 Å². The Morgan fingerprint density at radius 3 is 2.64 bits per heavy atom. The van der Waals surface area contributed by atoms with Gasteiger partial charge in [0.2, 0.25) is 0 Å². The van der Waals surface area contributed by atoms with Gasteiger partial charge in [-0.25, -0.2) is 0 Å². The molecule has 0 atom stereocenters. The zero-order chi connectivity index (χ0) is 18.2. The number of aromatic nitrogens is 1. The van der Waals surface area contributed by atoms with Crippen LogP contribution in [0.2, 0.25) is 0 Å². The van der Waals surface area contributed by atoms with E-state index in [2.05, 4.69) is 10.1 Å². The number of para-hydroxylation sites is 1. The van der Waals surface area contributed by atoms with E-state index in [0.29, 0.717) is 17.2 Å². The van der Waals surface area contributed by atoms with Crippen molar-refractivity contribution in [2.75, 3.05) is 21.0 Å². The summed E-state index contributed by atoms with van der Waals surface area (Å²) in [6, 6.07) is 9.59. The molecule has 0 fully saturated rings. The molecule has 0 N–H and O–H groups in total. The summed E-state index contributed by atoms with van der Waals surface area (Å²) in [5, 5.41) is 4.18. The fourth-order valence-electron chi connectivity index (χ4n) is 2.39. The van der Waals surface area contributed by atoms with E-state index in [1.807, 2.05) is 51.1 Å². The van der Waals surface area contributed by atoms with Crippen molar-refractivity contribution in [3.8, 4) is 11.5 Å². The summed E-state index contributed by atoms with van der Waals surface area (Å²) < 4.78 is 15.9. The van der Waals surface area contributed by atoms with Gasteiger partial charge in [0.15, 0.2) is 18.3 Å². The molecule has 0 radical (unpaired) electrons. The molecule has 1 aromatic carbocycles. The van der Waals surface area contributed by atoms with Gasteiger partial charge in [-0.3, -0.25) is 4.98 Å². The third-order valence-corrected chi connectivity index (χ3v) is 3.49. The number of ether oxygens (including phenoxy) is 3. The van der Waals surface area contributed by atoms with Crippen LogP contribution in [-0.2, 0) is 16.2 Å². The third-order valence-electron chi connectivity index (χ3n) is 3.49. The number of rotatable bonds is 8. The summed E-state index contributed by atoms with van der Waals surface area (Å²) in [5.41, 5.74) is 4.43. The molecule has 0 unspecified atom stereocenters. The maximum atomic E-state index is 5.59. The average Bonchev–Trinajstić information content (AvgIpc) is 2.59. The lowest BCUT2D eigenvalue weighted by Gasteiger charge is -2.14. The molecule has 2 aromatic rings. The second-order valence-corrected chi connectivity index (χ2v) is 5.62. The fraction of sp³-hybridized carbons (Fsp3) is 0.368. The van der Waals surface area contributed by atoms with Crippen molar-refractivity contribution in [1.29, 1.82) is 0 Å². The van der Waals surface area contributed by atoms with Gasteiger partial charge in [-0.15, -0.1) is 0 Å². The highest BCUT2D eigenvalue weighted by molar-refractivity contribution is 5.96. The maximum absolute atomic E-state index is 5.59. The summed E-state index contributed by atoms with van der Waals surface area (Å²) in [6.45, 7) is 6.23. The number of aryl methyl sites for hydroxylation is 2. The molecule has 6 nitrogen and oxygen atoms in total. The molecule has 0 aliphatic carbocycles. The summed E-state index contributed by atoms with van der Waals surface area (Å²) in [7, 11) is 3.16. The molecule has 0 aliphatic rings. The number of nitrogens with zero attached hydrogens (tertiary/aromatic N) is 2. The topological polar surface area (TPSA) is 62.2 Å². The molecule has 0 spiro atoms. The molecular formula is C19H24N2O4. The number of hydrogen-bond acceptors (Lipinski definition) is 6. The maximum Gasteiger partial charge on any atom is 0.188 e. The van der Waals surface area contributed by atoms with E-state index in [1.165, 1.54) is 0 Å². The monoisotopic (exact) mass is 344 g/mol. The Kier molecular flexibility index (Phi) is 6.77. The molecule has 6 heteroatoms. The smallest absolute Gasteiger partial charge is 0.188 e. The van der Waals surface area contributed by atoms with Gasteiger partial charge in [-0.1, -0.05) is 17.3 Å². The average molecular weight is 344 g/mol. The second kappa shape index (κ2) is 9.03. The minimum atomic E-state index is 0.127. The van der Waals surface area contributed by atoms with E-state index in [0.717, 1.165) is 22.5 Å². The van der Waals surface area contributed by atoms with Crippen LogP contribution in [0.5, 0.6) is 11.5 Å².